The molecule has 0 aliphatic heterocycles. The van der Waals surface area contributed by atoms with Gasteiger partial charge in [0.15, 0.2) is 0 Å². The highest BCUT2D eigenvalue weighted by Gasteiger charge is 2.14. The Morgan fingerprint density at radius 2 is 2.05 bits per heavy atom. The highest BCUT2D eigenvalue weighted by Crippen LogP contribution is 2.22. The van der Waals surface area contributed by atoms with Crippen LogP contribution in [0.15, 0.2) is 42.6 Å². The lowest BCUT2D eigenvalue weighted by molar-refractivity contribution is -0.135. The molecule has 21 heavy (non-hydrogen) atoms. The molecule has 0 unspecified atom stereocenters. The van der Waals surface area contributed by atoms with Crippen molar-refractivity contribution in [3.05, 3.63) is 53.2 Å². The quantitative estimate of drug-likeness (QED) is 0.889. The van der Waals surface area contributed by atoms with Crippen molar-refractivity contribution in [2.45, 2.75) is 6.54 Å². The fourth-order valence-electron chi connectivity index (χ4n) is 1.99. The number of hydrogen-bond donors (Lipinski definition) is 1. The maximum atomic E-state index is 11.1. The number of ether oxygens (including phenoxy) is 1. The van der Waals surface area contributed by atoms with Crippen molar-refractivity contribution in [2.24, 2.45) is 0 Å². The zero-order chi connectivity index (χ0) is 15.2. The molecule has 1 heterocycles. The molecule has 0 amide bonds. The molecule has 5 nitrogen and oxygen atoms in total. The number of pyridine rings is 1. The molecule has 2 rings (SSSR count). The van der Waals surface area contributed by atoms with E-state index in [4.69, 9.17) is 21.4 Å². The molecule has 0 fully saturated rings. The number of halogens is 1. The fourth-order valence-corrected chi connectivity index (χ4v) is 2.11. The Balaban J connectivity index is 2.28. The number of rotatable bonds is 6. The van der Waals surface area contributed by atoms with Gasteiger partial charge >= 0.3 is 5.97 Å². The molecule has 0 saturated carbocycles. The van der Waals surface area contributed by atoms with Crippen LogP contribution in [-0.2, 0) is 11.3 Å². The van der Waals surface area contributed by atoms with Crippen molar-refractivity contribution in [1.82, 2.24) is 4.98 Å². The van der Waals surface area contributed by atoms with E-state index in [1.165, 1.54) is 7.11 Å². The Morgan fingerprint density at radius 1 is 1.33 bits per heavy atom. The van der Waals surface area contributed by atoms with E-state index in [0.717, 1.165) is 11.3 Å². The smallest absolute Gasteiger partial charge is 0.323 e. The van der Waals surface area contributed by atoms with Gasteiger partial charge < -0.3 is 14.7 Å². The Morgan fingerprint density at radius 3 is 2.67 bits per heavy atom. The molecule has 2 aromatic rings. The molecule has 1 aromatic heterocycles. The van der Waals surface area contributed by atoms with Crippen LogP contribution in [0.2, 0.25) is 5.02 Å². The predicted octanol–water partition coefficient (Wildman–Crippen LogP) is 2.83. The minimum Gasteiger partial charge on any atom is -0.481 e. The molecule has 1 aromatic carbocycles. The van der Waals surface area contributed by atoms with Crippen LogP contribution in [0.25, 0.3) is 0 Å². The number of anilines is 1. The SMILES string of the molecule is COc1ncccc1CN(CC(=O)O)c1ccc(Cl)cc1. The van der Waals surface area contributed by atoms with E-state index in [0.29, 0.717) is 17.4 Å². The Kier molecular flexibility index (Phi) is 5.00. The number of carboxylic acids is 1. The molecule has 0 aliphatic rings. The number of benzene rings is 1. The molecule has 0 radical (unpaired) electrons. The third-order valence-corrected chi connectivity index (χ3v) is 3.17. The first-order chi connectivity index (χ1) is 10.1. The molecule has 0 atom stereocenters. The number of aromatic nitrogens is 1. The number of hydrogen-bond acceptors (Lipinski definition) is 4. The second-order valence-electron chi connectivity index (χ2n) is 4.40. The molecule has 1 N–H and O–H groups in total. The van der Waals surface area contributed by atoms with Crippen molar-refractivity contribution in [1.29, 1.82) is 0 Å². The van der Waals surface area contributed by atoms with Gasteiger partial charge in [-0.05, 0) is 30.3 Å². The second kappa shape index (κ2) is 6.95. The normalized spacial score (nSPS) is 10.2. The maximum absolute atomic E-state index is 11.1. The average Bonchev–Trinajstić information content (AvgIpc) is 2.47. The summed E-state index contributed by atoms with van der Waals surface area (Å²) in [5, 5.41) is 9.69. The van der Waals surface area contributed by atoms with Gasteiger partial charge in [-0.25, -0.2) is 4.98 Å². The van der Waals surface area contributed by atoms with Gasteiger partial charge in [-0.15, -0.1) is 0 Å². The highest BCUT2D eigenvalue weighted by atomic mass is 35.5. The van der Waals surface area contributed by atoms with E-state index < -0.39 is 5.97 Å². The van der Waals surface area contributed by atoms with E-state index in [1.54, 1.807) is 41.4 Å². The van der Waals surface area contributed by atoms with Gasteiger partial charge in [0.05, 0.1) is 7.11 Å². The van der Waals surface area contributed by atoms with Crippen molar-refractivity contribution in [3.63, 3.8) is 0 Å². The van der Waals surface area contributed by atoms with E-state index in [-0.39, 0.29) is 6.54 Å². The lowest BCUT2D eigenvalue weighted by atomic mass is 10.2. The molecule has 0 aliphatic carbocycles. The standard InChI is InChI=1S/C15H15ClN2O3/c1-21-15-11(3-2-8-17-15)9-18(10-14(19)20)13-6-4-12(16)5-7-13/h2-8H,9-10H2,1H3,(H,19,20). The summed E-state index contributed by atoms with van der Waals surface area (Å²) in [6.45, 7) is 0.255. The Hall–Kier alpha value is -2.27. The topological polar surface area (TPSA) is 62.7 Å². The summed E-state index contributed by atoms with van der Waals surface area (Å²) in [5.41, 5.74) is 1.59. The zero-order valence-electron chi connectivity index (χ0n) is 11.5. The van der Waals surface area contributed by atoms with E-state index in [2.05, 4.69) is 4.98 Å². The molecule has 0 bridgehead atoms. The third kappa shape index (κ3) is 4.10. The summed E-state index contributed by atoms with van der Waals surface area (Å²) in [5.74, 6) is -0.422. The first kappa shape index (κ1) is 15.1. The highest BCUT2D eigenvalue weighted by molar-refractivity contribution is 6.30. The predicted molar refractivity (Wildman–Crippen MR) is 80.9 cm³/mol. The minimum atomic E-state index is -0.909. The number of aliphatic carboxylic acids is 1. The van der Waals surface area contributed by atoms with Crippen LogP contribution in [0.4, 0.5) is 5.69 Å². The Bertz CT molecular complexity index is 617. The largest absolute Gasteiger partial charge is 0.481 e. The fraction of sp³-hybridized carbons (Fsp3) is 0.200. The number of nitrogens with zero attached hydrogens (tertiary/aromatic N) is 2. The number of carboxylic acid groups (broad SMARTS) is 1. The summed E-state index contributed by atoms with van der Waals surface area (Å²) in [6.07, 6.45) is 1.63. The van der Waals surface area contributed by atoms with Crippen LogP contribution >= 0.6 is 11.6 Å². The molecular weight excluding hydrogens is 292 g/mol. The zero-order valence-corrected chi connectivity index (χ0v) is 12.2. The van der Waals surface area contributed by atoms with Gasteiger partial charge in [0, 0.05) is 29.0 Å². The average molecular weight is 307 g/mol. The summed E-state index contributed by atoms with van der Waals surface area (Å²) in [4.78, 5) is 16.9. The van der Waals surface area contributed by atoms with E-state index >= 15 is 0 Å². The molecule has 0 saturated heterocycles. The van der Waals surface area contributed by atoms with Crippen molar-refractivity contribution < 1.29 is 14.6 Å². The van der Waals surface area contributed by atoms with Crippen LogP contribution in [0.5, 0.6) is 5.88 Å². The van der Waals surface area contributed by atoms with Crippen LogP contribution in [0.3, 0.4) is 0 Å². The van der Waals surface area contributed by atoms with Gasteiger partial charge in [-0.1, -0.05) is 17.7 Å². The monoisotopic (exact) mass is 306 g/mol. The molecular formula is C15H15ClN2O3. The Labute approximate surface area is 127 Å². The first-order valence-corrected chi connectivity index (χ1v) is 6.68. The van der Waals surface area contributed by atoms with Crippen LogP contribution in [0.1, 0.15) is 5.56 Å². The molecule has 6 heteroatoms. The third-order valence-electron chi connectivity index (χ3n) is 2.92. The van der Waals surface area contributed by atoms with Crippen LogP contribution in [-0.4, -0.2) is 29.7 Å². The van der Waals surface area contributed by atoms with E-state index in [9.17, 15) is 4.79 Å². The molecule has 110 valence electrons. The second-order valence-corrected chi connectivity index (χ2v) is 4.83. The summed E-state index contributed by atoms with van der Waals surface area (Å²) in [7, 11) is 1.54. The van der Waals surface area contributed by atoms with E-state index in [1.807, 2.05) is 6.07 Å². The summed E-state index contributed by atoms with van der Waals surface area (Å²) >= 11 is 5.87. The first-order valence-electron chi connectivity index (χ1n) is 6.30. The number of carbonyl (C=O) groups is 1. The minimum absolute atomic E-state index is 0.125. The van der Waals surface area contributed by atoms with Crippen molar-refractivity contribution in [3.8, 4) is 5.88 Å². The summed E-state index contributed by atoms with van der Waals surface area (Å²) < 4.78 is 5.20. The van der Waals surface area contributed by atoms with Crippen molar-refractivity contribution >= 4 is 23.3 Å². The van der Waals surface area contributed by atoms with Crippen LogP contribution < -0.4 is 9.64 Å². The van der Waals surface area contributed by atoms with Gasteiger partial charge in [-0.3, -0.25) is 4.79 Å². The van der Waals surface area contributed by atoms with Gasteiger partial charge in [-0.2, -0.15) is 0 Å². The van der Waals surface area contributed by atoms with Crippen molar-refractivity contribution in [2.75, 3.05) is 18.6 Å². The number of methoxy groups -OCH3 is 1. The maximum Gasteiger partial charge on any atom is 0.323 e. The van der Waals surface area contributed by atoms with Gasteiger partial charge in [0.25, 0.3) is 0 Å². The molecule has 0 spiro atoms. The van der Waals surface area contributed by atoms with Crippen LogP contribution in [0, 0.1) is 0 Å². The summed E-state index contributed by atoms with van der Waals surface area (Å²) in [6, 6.07) is 10.7. The lowest BCUT2D eigenvalue weighted by Crippen LogP contribution is -2.29. The van der Waals surface area contributed by atoms with Gasteiger partial charge in [0.2, 0.25) is 5.88 Å². The lowest BCUT2D eigenvalue weighted by Gasteiger charge is -2.23. The van der Waals surface area contributed by atoms with Gasteiger partial charge in [0.1, 0.15) is 6.54 Å².